The maximum absolute atomic E-state index is 3.80. The second kappa shape index (κ2) is 6.36. The predicted molar refractivity (Wildman–Crippen MR) is 67.0 cm³/mol. The van der Waals surface area contributed by atoms with E-state index in [1.807, 2.05) is 12.1 Å². The third kappa shape index (κ3) is 3.53. The van der Waals surface area contributed by atoms with E-state index >= 15 is 0 Å². The fourth-order valence-corrected chi connectivity index (χ4v) is 1.71. The number of hydrogen-bond donors (Lipinski definition) is 0. The lowest BCUT2D eigenvalue weighted by Crippen LogP contribution is -3.00. The highest BCUT2D eigenvalue weighted by molar-refractivity contribution is 5.43. The average molecular weight is 290 g/mol. The second-order valence-corrected chi connectivity index (χ2v) is 3.92. The molecule has 0 aliphatic rings. The molecule has 2 heteroatoms. The van der Waals surface area contributed by atoms with Crippen molar-refractivity contribution >= 4 is 6.08 Å². The molecule has 0 aliphatic heterocycles. The zero-order valence-electron chi connectivity index (χ0n) is 9.94. The van der Waals surface area contributed by atoms with Crippen LogP contribution in [0.4, 0.5) is 0 Å². The molecule has 0 aliphatic carbocycles. The van der Waals surface area contributed by atoms with Gasteiger partial charge in [-0.15, -0.1) is 0 Å². The molecule has 1 aromatic carbocycles. The van der Waals surface area contributed by atoms with Crippen LogP contribution in [0.3, 0.4) is 0 Å². The Morgan fingerprint density at radius 3 is 2.47 bits per heavy atom. The van der Waals surface area contributed by atoms with Crippen molar-refractivity contribution in [3.05, 3.63) is 72.1 Å². The van der Waals surface area contributed by atoms with Gasteiger partial charge < -0.3 is 17.0 Å². The van der Waals surface area contributed by atoms with Gasteiger partial charge in [0.25, 0.3) is 0 Å². The van der Waals surface area contributed by atoms with E-state index in [0.717, 1.165) is 12.1 Å². The lowest BCUT2D eigenvalue weighted by atomic mass is 10.2. The van der Waals surface area contributed by atoms with Gasteiger partial charge >= 0.3 is 0 Å². The number of pyridine rings is 1. The van der Waals surface area contributed by atoms with Crippen molar-refractivity contribution in [1.82, 2.24) is 0 Å². The number of rotatable bonds is 3. The minimum absolute atomic E-state index is 0. The molecule has 1 nitrogen and oxygen atoms in total. The zero-order chi connectivity index (χ0) is 11.4. The van der Waals surface area contributed by atoms with Gasteiger partial charge in [0.2, 0.25) is 0 Å². The first-order valence-corrected chi connectivity index (χ1v) is 5.46. The van der Waals surface area contributed by atoms with Crippen molar-refractivity contribution in [2.24, 2.45) is 0 Å². The molecule has 1 aromatic heterocycles. The fourth-order valence-electron chi connectivity index (χ4n) is 1.71. The molecule has 0 atom stereocenters. The van der Waals surface area contributed by atoms with E-state index in [2.05, 4.69) is 60.7 Å². The molecule has 2 aromatic rings. The molecule has 0 saturated heterocycles. The maximum Gasteiger partial charge on any atom is 0.178 e. The number of nitrogens with zero attached hydrogens (tertiary/aromatic N) is 1. The van der Waals surface area contributed by atoms with E-state index in [4.69, 9.17) is 0 Å². The minimum atomic E-state index is 0. The summed E-state index contributed by atoms with van der Waals surface area (Å²) in [5, 5.41) is 0. The molecule has 17 heavy (non-hydrogen) atoms. The van der Waals surface area contributed by atoms with Gasteiger partial charge in [-0.3, -0.25) is 0 Å². The Bertz CT molecular complexity index is 492. The first-order chi connectivity index (χ1) is 7.79. The van der Waals surface area contributed by atoms with E-state index in [1.54, 1.807) is 0 Å². The Balaban J connectivity index is 0.00000144. The molecule has 0 saturated carbocycles. The molecule has 0 unspecified atom stereocenters. The van der Waals surface area contributed by atoms with Gasteiger partial charge in [0.05, 0.1) is 0 Å². The minimum Gasteiger partial charge on any atom is -1.00 e. The molecule has 0 fully saturated rings. The highest BCUT2D eigenvalue weighted by atomic mass is 79.9. The van der Waals surface area contributed by atoms with Gasteiger partial charge in [0.1, 0.15) is 0 Å². The van der Waals surface area contributed by atoms with Crippen LogP contribution in [0.15, 0.2) is 55.2 Å². The van der Waals surface area contributed by atoms with Gasteiger partial charge in [0, 0.05) is 24.1 Å². The second-order valence-electron chi connectivity index (χ2n) is 3.92. The first-order valence-electron chi connectivity index (χ1n) is 5.46. The molecule has 2 rings (SSSR count). The van der Waals surface area contributed by atoms with E-state index in [0.29, 0.717) is 0 Å². The monoisotopic (exact) mass is 289 g/mol. The number of halogens is 1. The zero-order valence-corrected chi connectivity index (χ0v) is 11.5. The summed E-state index contributed by atoms with van der Waals surface area (Å²) in [6.45, 7) is 6.83. The van der Waals surface area contributed by atoms with Crippen LogP contribution in [0.1, 0.15) is 16.8 Å². The number of aromatic nitrogens is 1. The fraction of sp³-hybridized carbons (Fsp3) is 0.133. The van der Waals surface area contributed by atoms with E-state index in [-0.39, 0.29) is 17.0 Å². The molecule has 0 radical (unpaired) electrons. The lowest BCUT2D eigenvalue weighted by molar-refractivity contribution is -0.694. The standard InChI is InChI=1S/C15H16N.BrH/c1-3-14-10-9-13(2)16(11-14)12-15-7-5-4-6-8-15;/h3-11H,1,12H2,2H3;1H/q+1;/p-1. The Labute approximate surface area is 113 Å². The van der Waals surface area contributed by atoms with Gasteiger partial charge in [-0.05, 0) is 6.07 Å². The summed E-state index contributed by atoms with van der Waals surface area (Å²) in [5.74, 6) is 0. The quantitative estimate of drug-likeness (QED) is 0.700. The summed E-state index contributed by atoms with van der Waals surface area (Å²) in [5.41, 5.74) is 3.73. The SMILES string of the molecule is C=Cc1ccc(C)[n+](Cc2ccccc2)c1.[Br-]. The van der Waals surface area contributed by atoms with Crippen LogP contribution in [0.25, 0.3) is 6.08 Å². The van der Waals surface area contributed by atoms with Gasteiger partial charge in [0.15, 0.2) is 18.4 Å². The molecule has 0 spiro atoms. The maximum atomic E-state index is 3.80. The molecule has 0 amide bonds. The van der Waals surface area contributed by atoms with Crippen molar-refractivity contribution in [3.63, 3.8) is 0 Å². The molecule has 0 N–H and O–H groups in total. The number of hydrogen-bond acceptors (Lipinski definition) is 0. The molecular formula is C15H16BrN. The molecule has 1 heterocycles. The average Bonchev–Trinajstić information content (AvgIpc) is 2.33. The Kier molecular flexibility index (Phi) is 5.11. The van der Waals surface area contributed by atoms with Crippen LogP contribution in [0.2, 0.25) is 0 Å². The van der Waals surface area contributed by atoms with E-state index in [9.17, 15) is 0 Å². The van der Waals surface area contributed by atoms with Crippen molar-refractivity contribution in [2.45, 2.75) is 13.5 Å². The normalized spacial score (nSPS) is 9.47. The topological polar surface area (TPSA) is 3.88 Å². The Morgan fingerprint density at radius 1 is 1.12 bits per heavy atom. The van der Waals surface area contributed by atoms with Crippen LogP contribution in [-0.2, 0) is 6.54 Å². The lowest BCUT2D eigenvalue weighted by Gasteiger charge is -2.01. The Morgan fingerprint density at radius 2 is 1.82 bits per heavy atom. The van der Waals surface area contributed by atoms with Crippen LogP contribution in [-0.4, -0.2) is 0 Å². The van der Waals surface area contributed by atoms with Gasteiger partial charge in [-0.1, -0.05) is 43.0 Å². The molecular weight excluding hydrogens is 274 g/mol. The van der Waals surface area contributed by atoms with Gasteiger partial charge in [-0.25, -0.2) is 0 Å². The van der Waals surface area contributed by atoms with Crippen LogP contribution >= 0.6 is 0 Å². The summed E-state index contributed by atoms with van der Waals surface area (Å²) < 4.78 is 2.24. The largest absolute Gasteiger partial charge is 1.00 e. The van der Waals surface area contributed by atoms with E-state index in [1.165, 1.54) is 11.3 Å². The van der Waals surface area contributed by atoms with E-state index < -0.39 is 0 Å². The summed E-state index contributed by atoms with van der Waals surface area (Å²) in [4.78, 5) is 0. The number of benzene rings is 1. The number of aryl methyl sites for hydroxylation is 1. The predicted octanol–water partition coefficient (Wildman–Crippen LogP) is -0.0222. The van der Waals surface area contributed by atoms with Gasteiger partial charge in [-0.2, -0.15) is 4.57 Å². The van der Waals surface area contributed by atoms with Crippen molar-refractivity contribution < 1.29 is 21.5 Å². The summed E-state index contributed by atoms with van der Waals surface area (Å²) in [6.07, 6.45) is 4.01. The smallest absolute Gasteiger partial charge is 0.178 e. The molecule has 0 bridgehead atoms. The van der Waals surface area contributed by atoms with Crippen LogP contribution in [0, 0.1) is 6.92 Å². The highest BCUT2D eigenvalue weighted by Crippen LogP contribution is 2.02. The van der Waals surface area contributed by atoms with Crippen molar-refractivity contribution in [1.29, 1.82) is 0 Å². The summed E-state index contributed by atoms with van der Waals surface area (Å²) in [7, 11) is 0. The van der Waals surface area contributed by atoms with Crippen molar-refractivity contribution in [2.75, 3.05) is 0 Å². The van der Waals surface area contributed by atoms with Crippen LogP contribution in [0.5, 0.6) is 0 Å². The van der Waals surface area contributed by atoms with Crippen LogP contribution < -0.4 is 21.5 Å². The third-order valence-electron chi connectivity index (χ3n) is 2.71. The third-order valence-corrected chi connectivity index (χ3v) is 2.71. The first kappa shape index (κ1) is 13.7. The summed E-state index contributed by atoms with van der Waals surface area (Å²) >= 11 is 0. The van der Waals surface area contributed by atoms with Crippen molar-refractivity contribution in [3.8, 4) is 0 Å². The molecule has 88 valence electrons. The summed E-state index contributed by atoms with van der Waals surface area (Å²) in [6, 6.07) is 14.7. The Hall–Kier alpha value is -1.41. The highest BCUT2D eigenvalue weighted by Gasteiger charge is 2.07.